The Bertz CT molecular complexity index is 1500. The lowest BCUT2D eigenvalue weighted by molar-refractivity contribution is -0.384. The zero-order chi connectivity index (χ0) is 24.8. The Labute approximate surface area is 197 Å². The number of rotatable bonds is 7. The van der Waals surface area contributed by atoms with Gasteiger partial charge in [-0.15, -0.1) is 0 Å². The number of carbonyl (C=O) groups is 2. The molecule has 0 saturated carbocycles. The Balaban J connectivity index is 1.65. The minimum Gasteiger partial charge on any atom is -0.335 e. The molecular formula is C24H18N6O5. The number of aromatic nitrogens is 2. The summed E-state index contributed by atoms with van der Waals surface area (Å²) >= 11 is 0. The number of benzene rings is 3. The van der Waals surface area contributed by atoms with E-state index in [2.05, 4.69) is 26.0 Å². The number of hydrazone groups is 1. The molecule has 0 saturated heterocycles. The van der Waals surface area contributed by atoms with Gasteiger partial charge in [0.05, 0.1) is 16.5 Å². The Kier molecular flexibility index (Phi) is 6.68. The van der Waals surface area contributed by atoms with Gasteiger partial charge < -0.3 is 5.32 Å². The van der Waals surface area contributed by atoms with E-state index in [0.717, 1.165) is 0 Å². The molecule has 2 amide bonds. The summed E-state index contributed by atoms with van der Waals surface area (Å²) in [5.74, 6) is -1.27. The summed E-state index contributed by atoms with van der Waals surface area (Å²) in [6.07, 6.45) is 1.24. The van der Waals surface area contributed by atoms with E-state index in [1.807, 2.05) is 0 Å². The van der Waals surface area contributed by atoms with Crippen LogP contribution < -0.4 is 16.3 Å². The van der Waals surface area contributed by atoms with Crippen LogP contribution in [0.15, 0.2) is 88.8 Å². The number of H-pyrrole nitrogens is 1. The van der Waals surface area contributed by atoms with E-state index in [0.29, 0.717) is 21.9 Å². The third kappa shape index (κ3) is 5.25. The average Bonchev–Trinajstić information content (AvgIpc) is 2.88. The molecule has 3 N–H and O–H groups in total. The van der Waals surface area contributed by atoms with Gasteiger partial charge in [-0.1, -0.05) is 48.5 Å². The van der Waals surface area contributed by atoms with Gasteiger partial charge in [0.25, 0.3) is 23.1 Å². The monoisotopic (exact) mass is 470 g/mol. The van der Waals surface area contributed by atoms with Crippen molar-refractivity contribution in [3.8, 4) is 0 Å². The van der Waals surface area contributed by atoms with Gasteiger partial charge in [0, 0.05) is 28.6 Å². The first kappa shape index (κ1) is 23.0. The van der Waals surface area contributed by atoms with Crippen molar-refractivity contribution in [2.24, 2.45) is 5.10 Å². The third-order valence-corrected chi connectivity index (χ3v) is 5.04. The second-order valence-electron chi connectivity index (χ2n) is 7.34. The number of carbonyl (C=O) groups excluding carboxylic acids is 2. The molecule has 0 unspecified atom stereocenters. The Morgan fingerprint density at radius 1 is 1.00 bits per heavy atom. The third-order valence-electron chi connectivity index (χ3n) is 5.04. The van der Waals surface area contributed by atoms with E-state index >= 15 is 0 Å². The van der Waals surface area contributed by atoms with Crippen molar-refractivity contribution < 1.29 is 14.5 Å². The first-order valence-electron chi connectivity index (χ1n) is 10.3. The maximum atomic E-state index is 13.1. The van der Waals surface area contributed by atoms with Crippen LogP contribution in [0.4, 0.5) is 5.69 Å². The van der Waals surface area contributed by atoms with Gasteiger partial charge in [-0.3, -0.25) is 24.5 Å². The predicted molar refractivity (Wildman–Crippen MR) is 128 cm³/mol. The minimum absolute atomic E-state index is 0.118. The quantitative estimate of drug-likeness (QED) is 0.214. The predicted octanol–water partition coefficient (Wildman–Crippen LogP) is 2.45. The number of nitrogens with zero attached hydrogens (tertiary/aromatic N) is 3. The van der Waals surface area contributed by atoms with Gasteiger partial charge in [-0.2, -0.15) is 10.2 Å². The van der Waals surface area contributed by atoms with Crippen LogP contribution in [0.5, 0.6) is 0 Å². The van der Waals surface area contributed by atoms with Crippen molar-refractivity contribution in [3.63, 3.8) is 0 Å². The summed E-state index contributed by atoms with van der Waals surface area (Å²) in [4.78, 5) is 48.6. The van der Waals surface area contributed by atoms with Gasteiger partial charge in [0.1, 0.15) is 5.69 Å². The van der Waals surface area contributed by atoms with Gasteiger partial charge in [0.2, 0.25) is 0 Å². The largest absolute Gasteiger partial charge is 0.335 e. The standard InChI is InChI=1S/C24H18N6O5/c31-22(16-8-2-1-3-9-16)26-21(20-18-11-4-5-12-19(18)23(32)29-27-20)24(33)28-25-14-15-7-6-10-17(13-15)30(34)35/h1-14,21H,(H,26,31)(H,28,33)(H,29,32)/b25-14+/t21-/m1/s1. The molecule has 0 spiro atoms. The minimum atomic E-state index is -1.31. The number of non-ortho nitro benzene ring substituents is 1. The zero-order valence-electron chi connectivity index (χ0n) is 18.0. The van der Waals surface area contributed by atoms with E-state index in [9.17, 15) is 24.5 Å². The fourth-order valence-electron chi connectivity index (χ4n) is 3.37. The number of nitrogens with one attached hydrogen (secondary N) is 3. The molecule has 0 bridgehead atoms. The molecule has 0 aliphatic rings. The first-order chi connectivity index (χ1) is 16.9. The summed E-state index contributed by atoms with van der Waals surface area (Å²) in [5, 5.41) is 24.5. The van der Waals surface area contributed by atoms with Crippen molar-refractivity contribution in [2.75, 3.05) is 0 Å². The fraction of sp³-hybridized carbons (Fsp3) is 0.0417. The normalized spacial score (nSPS) is 11.8. The molecular weight excluding hydrogens is 452 g/mol. The molecule has 174 valence electrons. The van der Waals surface area contributed by atoms with Crippen LogP contribution in [-0.2, 0) is 4.79 Å². The second-order valence-corrected chi connectivity index (χ2v) is 7.34. The van der Waals surface area contributed by atoms with Gasteiger partial charge in [0.15, 0.2) is 6.04 Å². The number of nitro benzene ring substituents is 1. The number of aromatic amines is 1. The maximum Gasteiger partial charge on any atom is 0.272 e. The van der Waals surface area contributed by atoms with E-state index in [-0.39, 0.29) is 11.4 Å². The highest BCUT2D eigenvalue weighted by Gasteiger charge is 2.27. The molecule has 0 aliphatic heterocycles. The lowest BCUT2D eigenvalue weighted by Gasteiger charge is -2.18. The van der Waals surface area contributed by atoms with Gasteiger partial charge >= 0.3 is 0 Å². The number of fused-ring (bicyclic) bond motifs is 1. The highest BCUT2D eigenvalue weighted by Crippen LogP contribution is 2.20. The zero-order valence-corrected chi connectivity index (χ0v) is 18.0. The van der Waals surface area contributed by atoms with Crippen molar-refractivity contribution in [2.45, 2.75) is 6.04 Å². The SMILES string of the molecule is O=C(N[C@@H](C(=O)N/N=C/c1cccc([N+](=O)[O-])c1)c1n[nH]c(=O)c2ccccc12)c1ccccc1. The van der Waals surface area contributed by atoms with Gasteiger partial charge in [-0.25, -0.2) is 10.5 Å². The molecule has 1 aromatic heterocycles. The first-order valence-corrected chi connectivity index (χ1v) is 10.3. The smallest absolute Gasteiger partial charge is 0.272 e. The molecule has 1 heterocycles. The van der Waals surface area contributed by atoms with Crippen molar-refractivity contribution >= 4 is 34.5 Å². The molecule has 0 fully saturated rings. The van der Waals surface area contributed by atoms with Crippen LogP contribution in [0.1, 0.15) is 27.7 Å². The molecule has 35 heavy (non-hydrogen) atoms. The topological polar surface area (TPSA) is 159 Å². The maximum absolute atomic E-state index is 13.1. The highest BCUT2D eigenvalue weighted by molar-refractivity contribution is 5.99. The Morgan fingerprint density at radius 2 is 1.71 bits per heavy atom. The van der Waals surface area contributed by atoms with Crippen LogP contribution in [0.25, 0.3) is 10.8 Å². The molecule has 0 aliphatic carbocycles. The molecule has 0 radical (unpaired) electrons. The van der Waals surface area contributed by atoms with Crippen molar-refractivity contribution in [1.82, 2.24) is 20.9 Å². The molecule has 11 nitrogen and oxygen atoms in total. The molecule has 1 atom stereocenters. The lowest BCUT2D eigenvalue weighted by Crippen LogP contribution is -2.40. The van der Waals surface area contributed by atoms with E-state index < -0.39 is 28.3 Å². The summed E-state index contributed by atoms with van der Waals surface area (Å²) in [5.41, 5.74) is 2.58. The lowest BCUT2D eigenvalue weighted by atomic mass is 10.0. The van der Waals surface area contributed by atoms with Crippen LogP contribution >= 0.6 is 0 Å². The number of amides is 2. The highest BCUT2D eigenvalue weighted by atomic mass is 16.6. The van der Waals surface area contributed by atoms with Crippen LogP contribution in [0, 0.1) is 10.1 Å². The number of hydrogen-bond donors (Lipinski definition) is 3. The number of nitro groups is 1. The Hall–Kier alpha value is -5.19. The van der Waals surface area contributed by atoms with Crippen LogP contribution in [-0.4, -0.2) is 33.1 Å². The van der Waals surface area contributed by atoms with Gasteiger partial charge in [-0.05, 0) is 18.2 Å². The van der Waals surface area contributed by atoms with E-state index in [1.165, 1.54) is 24.4 Å². The van der Waals surface area contributed by atoms with E-state index in [4.69, 9.17) is 0 Å². The number of hydrogen-bond acceptors (Lipinski definition) is 7. The molecule has 11 heteroatoms. The molecule has 4 rings (SSSR count). The average molecular weight is 470 g/mol. The van der Waals surface area contributed by atoms with Crippen molar-refractivity contribution in [1.29, 1.82) is 0 Å². The molecule has 4 aromatic rings. The fourth-order valence-corrected chi connectivity index (χ4v) is 3.37. The van der Waals surface area contributed by atoms with Crippen LogP contribution in [0.2, 0.25) is 0 Å². The second kappa shape index (κ2) is 10.2. The molecule has 3 aromatic carbocycles. The van der Waals surface area contributed by atoms with Crippen molar-refractivity contribution in [3.05, 3.63) is 116 Å². The summed E-state index contributed by atoms with van der Waals surface area (Å²) in [7, 11) is 0. The Morgan fingerprint density at radius 3 is 2.46 bits per heavy atom. The summed E-state index contributed by atoms with van der Waals surface area (Å²) in [6, 6.07) is 19.2. The van der Waals surface area contributed by atoms with Crippen LogP contribution in [0.3, 0.4) is 0 Å². The summed E-state index contributed by atoms with van der Waals surface area (Å²) < 4.78 is 0. The van der Waals surface area contributed by atoms with E-state index in [1.54, 1.807) is 60.7 Å². The summed E-state index contributed by atoms with van der Waals surface area (Å²) in [6.45, 7) is 0.